The van der Waals surface area contributed by atoms with Crippen LogP contribution in [0.25, 0.3) is 10.9 Å². The Hall–Kier alpha value is -3.95. The molecule has 10 heteroatoms. The SMILES string of the molecule is CN(C)c1nc(N[C@H]2CC[C@@H](NC(=O)c3ccc([N+](=O)[O-])c(O)c3)CC2)nc2ccccc12. The van der Waals surface area contributed by atoms with E-state index in [-0.39, 0.29) is 23.6 Å². The van der Waals surface area contributed by atoms with E-state index in [0.717, 1.165) is 54.5 Å². The molecule has 0 radical (unpaired) electrons. The number of anilines is 2. The number of amides is 1. The highest BCUT2D eigenvalue weighted by molar-refractivity contribution is 5.95. The molecule has 1 fully saturated rings. The third-order valence-corrected chi connectivity index (χ3v) is 5.84. The van der Waals surface area contributed by atoms with Crippen molar-refractivity contribution in [3.63, 3.8) is 0 Å². The van der Waals surface area contributed by atoms with Crippen LogP contribution in [-0.4, -0.2) is 52.1 Å². The van der Waals surface area contributed by atoms with Gasteiger partial charge in [-0.1, -0.05) is 12.1 Å². The van der Waals surface area contributed by atoms with Crippen molar-refractivity contribution in [3.8, 4) is 5.75 Å². The van der Waals surface area contributed by atoms with Gasteiger partial charge < -0.3 is 20.6 Å². The number of para-hydroxylation sites is 1. The summed E-state index contributed by atoms with van der Waals surface area (Å²) in [5.41, 5.74) is 0.650. The Labute approximate surface area is 190 Å². The normalized spacial score (nSPS) is 18.0. The number of aromatic nitrogens is 2. The number of nitro groups is 1. The summed E-state index contributed by atoms with van der Waals surface area (Å²) in [5.74, 6) is 0.569. The largest absolute Gasteiger partial charge is 0.502 e. The van der Waals surface area contributed by atoms with E-state index in [1.807, 2.05) is 43.3 Å². The lowest BCUT2D eigenvalue weighted by molar-refractivity contribution is -0.385. The van der Waals surface area contributed by atoms with Crippen LogP contribution in [0.2, 0.25) is 0 Å². The number of nitro benzene ring substituents is 1. The smallest absolute Gasteiger partial charge is 0.310 e. The maximum Gasteiger partial charge on any atom is 0.310 e. The molecule has 1 amide bonds. The maximum atomic E-state index is 12.5. The number of phenolic OH excluding ortho intramolecular Hbond substituents is 1. The van der Waals surface area contributed by atoms with Crippen LogP contribution in [0.5, 0.6) is 5.75 Å². The molecule has 1 heterocycles. The van der Waals surface area contributed by atoms with Crippen LogP contribution in [0.1, 0.15) is 36.0 Å². The summed E-state index contributed by atoms with van der Waals surface area (Å²) in [6.45, 7) is 0. The summed E-state index contributed by atoms with van der Waals surface area (Å²) in [5, 5.41) is 28.0. The van der Waals surface area contributed by atoms with Crippen LogP contribution in [-0.2, 0) is 0 Å². The Kier molecular flexibility index (Phi) is 6.25. The summed E-state index contributed by atoms with van der Waals surface area (Å²) in [6.07, 6.45) is 3.22. The highest BCUT2D eigenvalue weighted by Gasteiger charge is 2.24. The third kappa shape index (κ3) is 4.94. The average molecular weight is 450 g/mol. The molecule has 33 heavy (non-hydrogen) atoms. The maximum absolute atomic E-state index is 12.5. The van der Waals surface area contributed by atoms with Crippen molar-refractivity contribution in [2.75, 3.05) is 24.3 Å². The summed E-state index contributed by atoms with van der Waals surface area (Å²) < 4.78 is 0. The van der Waals surface area contributed by atoms with E-state index < -0.39 is 16.4 Å². The van der Waals surface area contributed by atoms with Gasteiger partial charge in [0.1, 0.15) is 5.82 Å². The number of nitrogens with zero attached hydrogens (tertiary/aromatic N) is 4. The molecule has 0 saturated heterocycles. The van der Waals surface area contributed by atoms with Gasteiger partial charge in [-0.15, -0.1) is 0 Å². The molecule has 10 nitrogen and oxygen atoms in total. The van der Waals surface area contributed by atoms with Crippen LogP contribution in [0.15, 0.2) is 42.5 Å². The third-order valence-electron chi connectivity index (χ3n) is 5.84. The van der Waals surface area contributed by atoms with Gasteiger partial charge in [0.25, 0.3) is 5.91 Å². The molecule has 0 atom stereocenters. The zero-order chi connectivity index (χ0) is 23.5. The quantitative estimate of drug-likeness (QED) is 0.384. The van der Waals surface area contributed by atoms with Crippen molar-refractivity contribution in [1.82, 2.24) is 15.3 Å². The second-order valence-corrected chi connectivity index (χ2v) is 8.41. The number of fused-ring (bicyclic) bond motifs is 1. The van der Waals surface area contributed by atoms with Crippen molar-refractivity contribution in [2.45, 2.75) is 37.8 Å². The van der Waals surface area contributed by atoms with Crippen LogP contribution in [0, 0.1) is 10.1 Å². The number of rotatable bonds is 6. The van der Waals surface area contributed by atoms with E-state index in [1.54, 1.807) is 0 Å². The number of carbonyl (C=O) groups excluding carboxylic acids is 1. The van der Waals surface area contributed by atoms with Crippen molar-refractivity contribution in [3.05, 3.63) is 58.1 Å². The molecule has 4 rings (SSSR count). The van der Waals surface area contributed by atoms with Gasteiger partial charge in [0, 0.05) is 43.2 Å². The van der Waals surface area contributed by atoms with Crippen molar-refractivity contribution >= 4 is 34.3 Å². The number of aromatic hydroxyl groups is 1. The molecule has 1 aliphatic carbocycles. The topological polar surface area (TPSA) is 134 Å². The second-order valence-electron chi connectivity index (χ2n) is 8.41. The van der Waals surface area contributed by atoms with Gasteiger partial charge in [0.05, 0.1) is 10.4 Å². The molecule has 172 valence electrons. The molecule has 1 saturated carbocycles. The van der Waals surface area contributed by atoms with E-state index in [4.69, 9.17) is 4.98 Å². The molecule has 0 bridgehead atoms. The van der Waals surface area contributed by atoms with Crippen molar-refractivity contribution < 1.29 is 14.8 Å². The molecular formula is C23H26N6O4. The zero-order valence-corrected chi connectivity index (χ0v) is 18.5. The molecule has 1 aliphatic rings. The lowest BCUT2D eigenvalue weighted by Gasteiger charge is -2.30. The van der Waals surface area contributed by atoms with Gasteiger partial charge in [-0.3, -0.25) is 14.9 Å². The van der Waals surface area contributed by atoms with Gasteiger partial charge in [0.15, 0.2) is 5.75 Å². The lowest BCUT2D eigenvalue weighted by atomic mass is 9.91. The number of carbonyl (C=O) groups is 1. The summed E-state index contributed by atoms with van der Waals surface area (Å²) in [6, 6.07) is 11.7. The first-order valence-corrected chi connectivity index (χ1v) is 10.8. The first-order valence-electron chi connectivity index (χ1n) is 10.8. The van der Waals surface area contributed by atoms with E-state index in [2.05, 4.69) is 15.6 Å². The molecule has 3 aromatic rings. The van der Waals surface area contributed by atoms with Gasteiger partial charge in [-0.25, -0.2) is 4.98 Å². The van der Waals surface area contributed by atoms with E-state index in [1.165, 1.54) is 6.07 Å². The predicted molar refractivity (Wildman–Crippen MR) is 126 cm³/mol. The second kappa shape index (κ2) is 9.27. The first-order chi connectivity index (χ1) is 15.8. The average Bonchev–Trinajstić information content (AvgIpc) is 2.79. The molecule has 1 aromatic heterocycles. The molecule has 3 N–H and O–H groups in total. The minimum absolute atomic E-state index is 0.0113. The summed E-state index contributed by atoms with van der Waals surface area (Å²) >= 11 is 0. The Morgan fingerprint density at radius 2 is 1.79 bits per heavy atom. The number of hydrogen-bond acceptors (Lipinski definition) is 8. The molecule has 0 unspecified atom stereocenters. The Morgan fingerprint density at radius 3 is 2.45 bits per heavy atom. The van der Waals surface area contributed by atoms with Crippen LogP contribution in [0.4, 0.5) is 17.5 Å². The summed E-state index contributed by atoms with van der Waals surface area (Å²) in [7, 11) is 3.91. The minimum Gasteiger partial charge on any atom is -0.502 e. The fraction of sp³-hybridized carbons (Fsp3) is 0.348. The monoisotopic (exact) mass is 450 g/mol. The van der Waals surface area contributed by atoms with Crippen molar-refractivity contribution in [2.24, 2.45) is 0 Å². The standard InChI is InChI=1S/C23H26N6O4/c1-28(2)21-17-5-3-4-6-18(17)26-23(27-21)25-16-10-8-15(9-11-16)24-22(31)14-7-12-19(29(32)33)20(30)13-14/h3-7,12-13,15-16,30H,8-11H2,1-2H3,(H,24,31)(H,25,26,27)/t15-,16+. The highest BCUT2D eigenvalue weighted by Crippen LogP contribution is 2.28. The molecule has 2 aromatic carbocycles. The highest BCUT2D eigenvalue weighted by atomic mass is 16.6. The number of hydrogen-bond donors (Lipinski definition) is 3. The predicted octanol–water partition coefficient (Wildman–Crippen LogP) is 3.46. The fourth-order valence-electron chi connectivity index (χ4n) is 4.12. The van der Waals surface area contributed by atoms with Crippen LogP contribution >= 0.6 is 0 Å². The number of benzene rings is 2. The number of nitrogens with one attached hydrogen (secondary N) is 2. The van der Waals surface area contributed by atoms with Gasteiger partial charge in [-0.2, -0.15) is 4.98 Å². The van der Waals surface area contributed by atoms with Crippen LogP contribution < -0.4 is 15.5 Å². The zero-order valence-electron chi connectivity index (χ0n) is 18.5. The van der Waals surface area contributed by atoms with E-state index in [0.29, 0.717) is 5.95 Å². The molecule has 0 spiro atoms. The fourth-order valence-corrected chi connectivity index (χ4v) is 4.12. The lowest BCUT2D eigenvalue weighted by Crippen LogP contribution is -2.40. The molecule has 0 aliphatic heterocycles. The summed E-state index contributed by atoms with van der Waals surface area (Å²) in [4.78, 5) is 34.0. The Bertz CT molecular complexity index is 1190. The first kappa shape index (κ1) is 22.3. The van der Waals surface area contributed by atoms with Gasteiger partial charge in [-0.05, 0) is 49.9 Å². The minimum atomic E-state index is -0.688. The molecular weight excluding hydrogens is 424 g/mol. The number of phenols is 1. The Morgan fingerprint density at radius 1 is 1.09 bits per heavy atom. The van der Waals surface area contributed by atoms with Crippen molar-refractivity contribution in [1.29, 1.82) is 0 Å². The van der Waals surface area contributed by atoms with Gasteiger partial charge in [0.2, 0.25) is 5.95 Å². The van der Waals surface area contributed by atoms with Gasteiger partial charge >= 0.3 is 5.69 Å². The Balaban J connectivity index is 1.36. The van der Waals surface area contributed by atoms with Crippen LogP contribution in [0.3, 0.4) is 0 Å². The van der Waals surface area contributed by atoms with E-state index in [9.17, 15) is 20.0 Å². The van der Waals surface area contributed by atoms with E-state index >= 15 is 0 Å².